The second kappa shape index (κ2) is 7.82. The lowest BCUT2D eigenvalue weighted by molar-refractivity contribution is -0.116. The van der Waals surface area contributed by atoms with Gasteiger partial charge in [0.05, 0.1) is 11.2 Å². The molecule has 0 aliphatic rings. The third-order valence-electron chi connectivity index (χ3n) is 4.46. The number of fused-ring (bicyclic) bond motifs is 1. The molecule has 4 rings (SSSR count). The molecule has 0 bridgehead atoms. The number of carbonyl (C=O) groups excluding carboxylic acids is 1. The van der Waals surface area contributed by atoms with E-state index < -0.39 is 5.76 Å². The average molecular weight is 393 g/mol. The summed E-state index contributed by atoms with van der Waals surface area (Å²) >= 11 is 1.37. The Morgan fingerprint density at radius 3 is 2.86 bits per heavy atom. The van der Waals surface area contributed by atoms with Crippen LogP contribution in [0.5, 0.6) is 0 Å². The van der Waals surface area contributed by atoms with Crippen LogP contribution >= 0.6 is 11.3 Å². The van der Waals surface area contributed by atoms with Gasteiger partial charge in [0.25, 0.3) is 0 Å². The van der Waals surface area contributed by atoms with Crippen LogP contribution in [0.1, 0.15) is 24.0 Å². The number of nitrogens with zero attached hydrogens (tertiary/aromatic N) is 1. The van der Waals surface area contributed by atoms with Crippen LogP contribution in [0.3, 0.4) is 0 Å². The molecule has 0 aliphatic carbocycles. The van der Waals surface area contributed by atoms with Crippen molar-refractivity contribution in [2.24, 2.45) is 0 Å². The summed E-state index contributed by atoms with van der Waals surface area (Å²) in [4.78, 5) is 30.5. The number of rotatable bonds is 6. The summed E-state index contributed by atoms with van der Waals surface area (Å²) in [5.41, 5.74) is 5.15. The number of aromatic amines is 1. The highest BCUT2D eigenvalue weighted by molar-refractivity contribution is 7.14. The summed E-state index contributed by atoms with van der Waals surface area (Å²) in [6.45, 7) is 2.06. The molecule has 0 fully saturated rings. The zero-order chi connectivity index (χ0) is 19.5. The van der Waals surface area contributed by atoms with E-state index in [4.69, 9.17) is 4.42 Å². The Labute approximate surface area is 165 Å². The predicted molar refractivity (Wildman–Crippen MR) is 111 cm³/mol. The van der Waals surface area contributed by atoms with E-state index in [0.717, 1.165) is 24.1 Å². The molecule has 2 aromatic heterocycles. The van der Waals surface area contributed by atoms with Crippen LogP contribution in [0.15, 0.2) is 57.1 Å². The summed E-state index contributed by atoms with van der Waals surface area (Å²) in [6, 6.07) is 13.8. The van der Waals surface area contributed by atoms with E-state index in [0.29, 0.717) is 22.7 Å². The number of oxazole rings is 1. The molecule has 0 spiro atoms. The van der Waals surface area contributed by atoms with Crippen LogP contribution in [-0.2, 0) is 11.2 Å². The first kappa shape index (κ1) is 18.2. The topological polar surface area (TPSA) is 88.0 Å². The van der Waals surface area contributed by atoms with Crippen molar-refractivity contribution in [2.75, 3.05) is 5.32 Å². The van der Waals surface area contributed by atoms with Crippen molar-refractivity contribution >= 4 is 33.5 Å². The van der Waals surface area contributed by atoms with E-state index in [-0.39, 0.29) is 5.91 Å². The zero-order valence-electron chi connectivity index (χ0n) is 15.3. The van der Waals surface area contributed by atoms with Crippen molar-refractivity contribution < 1.29 is 9.21 Å². The predicted octanol–water partition coefficient (Wildman–Crippen LogP) is 4.51. The Balaban J connectivity index is 1.35. The molecule has 28 heavy (non-hydrogen) atoms. The summed E-state index contributed by atoms with van der Waals surface area (Å²) in [6.07, 6.45) is 2.11. The molecule has 6 nitrogen and oxygen atoms in total. The molecule has 0 saturated carbocycles. The first-order valence-electron chi connectivity index (χ1n) is 9.01. The maximum Gasteiger partial charge on any atom is 0.417 e. The normalized spacial score (nSPS) is 11.0. The van der Waals surface area contributed by atoms with Gasteiger partial charge >= 0.3 is 5.76 Å². The highest BCUT2D eigenvalue weighted by Gasteiger charge is 2.10. The highest BCUT2D eigenvalue weighted by atomic mass is 32.1. The number of anilines is 1. The van der Waals surface area contributed by atoms with Gasteiger partial charge < -0.3 is 9.73 Å². The molecule has 2 heterocycles. The first-order chi connectivity index (χ1) is 13.6. The second-order valence-electron chi connectivity index (χ2n) is 6.65. The van der Waals surface area contributed by atoms with E-state index in [1.165, 1.54) is 22.5 Å². The number of aryl methyl sites for hydroxylation is 2. The van der Waals surface area contributed by atoms with E-state index in [1.54, 1.807) is 12.1 Å². The van der Waals surface area contributed by atoms with Crippen LogP contribution in [-0.4, -0.2) is 15.9 Å². The molecule has 0 aliphatic heterocycles. The molecule has 1 amide bonds. The Kier molecular flexibility index (Phi) is 5.08. The Bertz CT molecular complexity index is 1170. The molecule has 4 aromatic rings. The van der Waals surface area contributed by atoms with Gasteiger partial charge in [0, 0.05) is 17.4 Å². The van der Waals surface area contributed by atoms with Gasteiger partial charge in [-0.3, -0.25) is 9.78 Å². The molecule has 0 atom stereocenters. The lowest BCUT2D eigenvalue weighted by atomic mass is 10.1. The fourth-order valence-corrected chi connectivity index (χ4v) is 3.69. The van der Waals surface area contributed by atoms with Crippen LogP contribution < -0.4 is 11.1 Å². The fourth-order valence-electron chi connectivity index (χ4n) is 2.96. The summed E-state index contributed by atoms with van der Waals surface area (Å²) in [5, 5.41) is 5.29. The SMILES string of the molecule is Cc1ccc(CCCC(=O)Nc2nc(-c3ccc4[nH]c(=O)oc4c3)cs2)cc1. The lowest BCUT2D eigenvalue weighted by Crippen LogP contribution is -2.11. The minimum Gasteiger partial charge on any atom is -0.408 e. The standard InChI is InChI=1S/C21H19N3O3S/c1-13-5-7-14(8-6-13)3-2-4-19(25)24-20-22-17(12-28-20)15-9-10-16-18(11-15)27-21(26)23-16/h5-12H,2-4H2,1H3,(H,23,26)(H,22,24,25). The number of benzene rings is 2. The van der Waals surface area contributed by atoms with Gasteiger partial charge in [-0.25, -0.2) is 9.78 Å². The number of hydrogen-bond donors (Lipinski definition) is 2. The zero-order valence-corrected chi connectivity index (χ0v) is 16.1. The molecule has 2 N–H and O–H groups in total. The van der Waals surface area contributed by atoms with Gasteiger partial charge in [-0.1, -0.05) is 35.9 Å². The Hall–Kier alpha value is -3.19. The number of hydrogen-bond acceptors (Lipinski definition) is 5. The molecule has 0 radical (unpaired) electrons. The monoisotopic (exact) mass is 393 g/mol. The van der Waals surface area contributed by atoms with Gasteiger partial charge in [-0.15, -0.1) is 11.3 Å². The number of H-pyrrole nitrogens is 1. The van der Waals surface area contributed by atoms with Gasteiger partial charge in [0.2, 0.25) is 5.91 Å². The third kappa shape index (κ3) is 4.20. The molecule has 0 unspecified atom stereocenters. The van der Waals surface area contributed by atoms with Gasteiger partial charge in [0.1, 0.15) is 0 Å². The van der Waals surface area contributed by atoms with Crippen molar-refractivity contribution in [2.45, 2.75) is 26.2 Å². The second-order valence-corrected chi connectivity index (χ2v) is 7.51. The summed E-state index contributed by atoms with van der Waals surface area (Å²) in [5.74, 6) is -0.524. The van der Waals surface area contributed by atoms with Crippen LogP contribution in [0.25, 0.3) is 22.4 Å². The van der Waals surface area contributed by atoms with Crippen molar-refractivity contribution in [1.29, 1.82) is 0 Å². The Morgan fingerprint density at radius 1 is 1.21 bits per heavy atom. The highest BCUT2D eigenvalue weighted by Crippen LogP contribution is 2.27. The minimum absolute atomic E-state index is 0.0416. The fraction of sp³-hybridized carbons (Fsp3) is 0.190. The van der Waals surface area contributed by atoms with Crippen molar-refractivity contribution in [3.8, 4) is 11.3 Å². The molecular weight excluding hydrogens is 374 g/mol. The third-order valence-corrected chi connectivity index (χ3v) is 5.21. The van der Waals surface area contributed by atoms with E-state index in [1.807, 2.05) is 11.4 Å². The van der Waals surface area contributed by atoms with Crippen LogP contribution in [0.2, 0.25) is 0 Å². The molecule has 7 heteroatoms. The minimum atomic E-state index is -0.482. The number of thiazole rings is 1. The average Bonchev–Trinajstić information content (AvgIpc) is 3.28. The van der Waals surface area contributed by atoms with Crippen LogP contribution in [0.4, 0.5) is 5.13 Å². The quantitative estimate of drug-likeness (QED) is 0.504. The Morgan fingerprint density at radius 2 is 2.04 bits per heavy atom. The summed E-state index contributed by atoms with van der Waals surface area (Å²) in [7, 11) is 0. The van der Waals surface area contributed by atoms with Crippen molar-refractivity contribution in [3.05, 3.63) is 69.5 Å². The van der Waals surface area contributed by atoms with Gasteiger partial charge in [0.15, 0.2) is 10.7 Å². The van der Waals surface area contributed by atoms with E-state index in [9.17, 15) is 9.59 Å². The van der Waals surface area contributed by atoms with Crippen molar-refractivity contribution in [3.63, 3.8) is 0 Å². The first-order valence-corrected chi connectivity index (χ1v) is 9.89. The molecule has 142 valence electrons. The van der Waals surface area contributed by atoms with E-state index in [2.05, 4.69) is 46.5 Å². The maximum atomic E-state index is 12.2. The van der Waals surface area contributed by atoms with Crippen LogP contribution in [0, 0.1) is 6.92 Å². The lowest BCUT2D eigenvalue weighted by Gasteiger charge is -2.03. The van der Waals surface area contributed by atoms with Crippen molar-refractivity contribution in [1.82, 2.24) is 9.97 Å². The van der Waals surface area contributed by atoms with Gasteiger partial charge in [-0.05, 0) is 37.5 Å². The largest absolute Gasteiger partial charge is 0.417 e. The molecular formula is C21H19N3O3S. The number of aromatic nitrogens is 2. The summed E-state index contributed by atoms with van der Waals surface area (Å²) < 4.78 is 5.08. The number of carbonyl (C=O) groups is 1. The number of amides is 1. The smallest absolute Gasteiger partial charge is 0.408 e. The van der Waals surface area contributed by atoms with E-state index >= 15 is 0 Å². The molecule has 0 saturated heterocycles. The van der Waals surface area contributed by atoms with Gasteiger partial charge in [-0.2, -0.15) is 0 Å². The number of nitrogens with one attached hydrogen (secondary N) is 2. The molecule has 2 aromatic carbocycles. The maximum absolute atomic E-state index is 12.2.